The van der Waals surface area contributed by atoms with Gasteiger partial charge in [0.2, 0.25) is 0 Å². The highest BCUT2D eigenvalue weighted by Gasteiger charge is 2.37. The number of anilines is 1. The van der Waals surface area contributed by atoms with Crippen molar-refractivity contribution in [3.05, 3.63) is 28.5 Å². The molecule has 2 amide bonds. The van der Waals surface area contributed by atoms with Crippen molar-refractivity contribution in [2.24, 2.45) is 0 Å². The average molecular weight is 536 g/mol. The van der Waals surface area contributed by atoms with E-state index in [0.717, 1.165) is 49.9 Å². The molecule has 37 heavy (non-hydrogen) atoms. The highest BCUT2D eigenvalue weighted by atomic mass is 32.1. The van der Waals surface area contributed by atoms with E-state index in [2.05, 4.69) is 20.6 Å². The van der Waals surface area contributed by atoms with E-state index in [1.807, 2.05) is 6.92 Å². The third kappa shape index (κ3) is 5.46. The Balaban J connectivity index is 1.49. The SMILES string of the molecule is C[C@H]1CCCN1C(=O)c1nc(C(=O)NCC2(O)COC2)sc1-c1cnc(NC2CCCC2)cc1C(F)F. The van der Waals surface area contributed by atoms with Crippen LogP contribution in [-0.4, -0.2) is 75.8 Å². The molecule has 2 aliphatic heterocycles. The largest absolute Gasteiger partial charge is 0.383 e. The molecule has 0 spiro atoms. The molecule has 0 bridgehead atoms. The summed E-state index contributed by atoms with van der Waals surface area (Å²) in [6, 6.07) is 1.52. The zero-order valence-corrected chi connectivity index (χ0v) is 21.5. The Kier molecular flexibility index (Phi) is 7.42. The average Bonchev–Trinajstić information content (AvgIpc) is 3.62. The van der Waals surface area contributed by atoms with Crippen LogP contribution in [0.5, 0.6) is 0 Å². The number of hydrogen-bond donors (Lipinski definition) is 3. The molecule has 3 N–H and O–H groups in total. The highest BCUT2D eigenvalue weighted by molar-refractivity contribution is 7.17. The van der Waals surface area contributed by atoms with Gasteiger partial charge >= 0.3 is 0 Å². The Morgan fingerprint density at radius 2 is 2.03 bits per heavy atom. The number of pyridine rings is 1. The van der Waals surface area contributed by atoms with Crippen LogP contribution in [0.3, 0.4) is 0 Å². The number of hydrogen-bond acceptors (Lipinski definition) is 8. The molecule has 0 unspecified atom stereocenters. The van der Waals surface area contributed by atoms with Crippen LogP contribution in [-0.2, 0) is 4.74 Å². The first kappa shape index (κ1) is 25.9. The lowest BCUT2D eigenvalue weighted by molar-refractivity contribution is -0.173. The van der Waals surface area contributed by atoms with E-state index >= 15 is 0 Å². The summed E-state index contributed by atoms with van der Waals surface area (Å²) in [4.78, 5) is 37.0. The predicted octanol–water partition coefficient (Wildman–Crippen LogP) is 3.61. The van der Waals surface area contributed by atoms with Gasteiger partial charge in [-0.25, -0.2) is 18.7 Å². The van der Waals surface area contributed by atoms with E-state index in [1.54, 1.807) is 4.90 Å². The normalized spacial score (nSPS) is 21.3. The number of alkyl halides is 2. The van der Waals surface area contributed by atoms with Crippen LogP contribution in [0.1, 0.15) is 77.7 Å². The summed E-state index contributed by atoms with van der Waals surface area (Å²) in [5, 5.41) is 16.0. The standard InChI is InChI=1S/C25H31F2N5O4S/c1-14-5-4-8-32(14)24(34)19-20(37-23(31-19)22(33)29-11-25(35)12-36-13-25)17-10-28-18(9-16(17)21(26)27)30-15-6-2-3-7-15/h9-10,14-15,21,35H,2-8,11-13H2,1H3,(H,28,30)(H,29,33)/t14-/m0/s1. The van der Waals surface area contributed by atoms with Crippen molar-refractivity contribution in [2.75, 3.05) is 31.6 Å². The second kappa shape index (κ2) is 10.6. The fraction of sp³-hybridized carbons (Fsp3) is 0.600. The predicted molar refractivity (Wildman–Crippen MR) is 134 cm³/mol. The quantitative estimate of drug-likeness (QED) is 0.473. The number of amides is 2. The Morgan fingerprint density at radius 3 is 2.65 bits per heavy atom. The van der Waals surface area contributed by atoms with Gasteiger partial charge in [-0.15, -0.1) is 11.3 Å². The number of nitrogens with one attached hydrogen (secondary N) is 2. The van der Waals surface area contributed by atoms with Crippen LogP contribution < -0.4 is 10.6 Å². The zero-order valence-electron chi connectivity index (χ0n) is 20.6. The minimum atomic E-state index is -2.82. The van der Waals surface area contributed by atoms with Crippen LogP contribution in [0.2, 0.25) is 0 Å². The summed E-state index contributed by atoms with van der Waals surface area (Å²) >= 11 is 0.878. The lowest BCUT2D eigenvalue weighted by Gasteiger charge is -2.36. The van der Waals surface area contributed by atoms with Gasteiger partial charge in [0.15, 0.2) is 5.01 Å². The van der Waals surface area contributed by atoms with E-state index in [0.29, 0.717) is 12.4 Å². The Morgan fingerprint density at radius 1 is 1.27 bits per heavy atom. The molecule has 1 aliphatic carbocycles. The molecule has 3 aliphatic rings. The van der Waals surface area contributed by atoms with Gasteiger partial charge in [-0.2, -0.15) is 0 Å². The summed E-state index contributed by atoms with van der Waals surface area (Å²) in [7, 11) is 0. The topological polar surface area (TPSA) is 117 Å². The number of rotatable bonds is 8. The number of likely N-dealkylation sites (tertiary alicyclic amines) is 1. The van der Waals surface area contributed by atoms with Crippen molar-refractivity contribution in [2.45, 2.75) is 69.6 Å². The van der Waals surface area contributed by atoms with E-state index in [9.17, 15) is 23.5 Å². The summed E-state index contributed by atoms with van der Waals surface area (Å²) in [5.41, 5.74) is -1.36. The molecule has 4 heterocycles. The van der Waals surface area contributed by atoms with Gasteiger partial charge in [0.25, 0.3) is 18.2 Å². The molecule has 2 aromatic rings. The van der Waals surface area contributed by atoms with Crippen molar-refractivity contribution in [1.29, 1.82) is 0 Å². The Bertz CT molecular complexity index is 1170. The van der Waals surface area contributed by atoms with Crippen molar-refractivity contribution in [1.82, 2.24) is 20.2 Å². The number of thiazole rings is 1. The fourth-order valence-corrected chi connectivity index (χ4v) is 6.08. The maximum absolute atomic E-state index is 14.3. The Hall–Kier alpha value is -2.70. The van der Waals surface area contributed by atoms with Gasteiger partial charge in [-0.3, -0.25) is 9.59 Å². The maximum Gasteiger partial charge on any atom is 0.280 e. The molecule has 1 saturated carbocycles. The van der Waals surface area contributed by atoms with Gasteiger partial charge in [0.05, 0.1) is 24.6 Å². The van der Waals surface area contributed by atoms with Gasteiger partial charge < -0.3 is 25.4 Å². The fourth-order valence-electron chi connectivity index (χ4n) is 5.08. The molecule has 5 rings (SSSR count). The summed E-state index contributed by atoms with van der Waals surface area (Å²) in [6.45, 7) is 2.64. The monoisotopic (exact) mass is 535 g/mol. The minimum absolute atomic E-state index is 0.0159. The van der Waals surface area contributed by atoms with Crippen molar-refractivity contribution in [3.8, 4) is 10.4 Å². The molecule has 3 fully saturated rings. The third-order valence-electron chi connectivity index (χ3n) is 7.28. The van der Waals surface area contributed by atoms with Gasteiger partial charge in [0, 0.05) is 36.0 Å². The van der Waals surface area contributed by atoms with Gasteiger partial charge in [0.1, 0.15) is 17.1 Å². The van der Waals surface area contributed by atoms with E-state index in [-0.39, 0.29) is 58.5 Å². The molecular weight excluding hydrogens is 504 g/mol. The van der Waals surface area contributed by atoms with Crippen LogP contribution in [0.15, 0.2) is 12.3 Å². The zero-order chi connectivity index (χ0) is 26.2. The van der Waals surface area contributed by atoms with E-state index < -0.39 is 23.8 Å². The first-order chi connectivity index (χ1) is 17.7. The molecule has 9 nitrogen and oxygen atoms in total. The molecule has 12 heteroatoms. The smallest absolute Gasteiger partial charge is 0.280 e. The number of carbonyl (C=O) groups excluding carboxylic acids is 2. The van der Waals surface area contributed by atoms with Crippen molar-refractivity contribution < 1.29 is 28.2 Å². The second-order valence-electron chi connectivity index (χ2n) is 10.2. The minimum Gasteiger partial charge on any atom is -0.383 e. The van der Waals surface area contributed by atoms with Gasteiger partial charge in [-0.05, 0) is 38.7 Å². The molecule has 2 saturated heterocycles. The van der Waals surface area contributed by atoms with E-state index in [1.165, 1.54) is 12.3 Å². The summed E-state index contributed by atoms with van der Waals surface area (Å²) in [6.07, 6.45) is 4.32. The van der Waals surface area contributed by atoms with Crippen LogP contribution in [0, 0.1) is 0 Å². The van der Waals surface area contributed by atoms with E-state index in [4.69, 9.17) is 4.74 Å². The van der Waals surface area contributed by atoms with Crippen molar-refractivity contribution in [3.63, 3.8) is 0 Å². The lowest BCUT2D eigenvalue weighted by atomic mass is 10.0. The molecule has 0 aromatic carbocycles. The van der Waals surface area contributed by atoms with Crippen LogP contribution in [0.4, 0.5) is 14.6 Å². The molecule has 200 valence electrons. The Labute approximate surface area is 217 Å². The van der Waals surface area contributed by atoms with Crippen LogP contribution in [0.25, 0.3) is 10.4 Å². The molecule has 2 aromatic heterocycles. The lowest BCUT2D eigenvalue weighted by Crippen LogP contribution is -2.56. The number of ether oxygens (including phenoxy) is 1. The highest BCUT2D eigenvalue weighted by Crippen LogP contribution is 2.39. The summed E-state index contributed by atoms with van der Waals surface area (Å²) in [5.74, 6) is -0.619. The second-order valence-corrected chi connectivity index (χ2v) is 11.2. The number of aromatic nitrogens is 2. The number of nitrogens with zero attached hydrogens (tertiary/aromatic N) is 3. The first-order valence-electron chi connectivity index (χ1n) is 12.7. The molecule has 1 atom stereocenters. The van der Waals surface area contributed by atoms with Crippen LogP contribution >= 0.6 is 11.3 Å². The van der Waals surface area contributed by atoms with Crippen molar-refractivity contribution >= 4 is 29.0 Å². The molecule has 0 radical (unpaired) electrons. The molecular formula is C25H31F2N5O4S. The summed E-state index contributed by atoms with van der Waals surface area (Å²) < 4.78 is 33.6. The third-order valence-corrected chi connectivity index (χ3v) is 8.37. The van der Waals surface area contributed by atoms with Gasteiger partial charge in [-0.1, -0.05) is 12.8 Å². The number of aliphatic hydroxyl groups is 1. The number of carbonyl (C=O) groups is 2. The first-order valence-corrected chi connectivity index (χ1v) is 13.5. The number of halogens is 2. The maximum atomic E-state index is 14.3.